The van der Waals surface area contributed by atoms with Gasteiger partial charge in [0.25, 0.3) is 0 Å². The van der Waals surface area contributed by atoms with Crippen LogP contribution in [-0.2, 0) is 11.2 Å². The average molecular weight is 357 g/mol. The maximum absolute atomic E-state index is 10.3. The summed E-state index contributed by atoms with van der Waals surface area (Å²) in [6, 6.07) is 9.77. The Bertz CT molecular complexity index is 916. The van der Waals surface area contributed by atoms with Crippen LogP contribution in [-0.4, -0.2) is 59.8 Å². The molecule has 1 aromatic carbocycles. The Morgan fingerprint density at radius 1 is 1.12 bits per heavy atom. The van der Waals surface area contributed by atoms with Crippen LogP contribution < -0.4 is 5.73 Å². The Morgan fingerprint density at radius 3 is 2.58 bits per heavy atom. The second-order valence-corrected chi connectivity index (χ2v) is 6.24. The highest BCUT2D eigenvalue weighted by Crippen LogP contribution is 2.32. The highest BCUT2D eigenvalue weighted by atomic mass is 16.6. The first kappa shape index (κ1) is 16.9. The summed E-state index contributed by atoms with van der Waals surface area (Å²) in [5.41, 5.74) is 8.52. The molecule has 0 radical (unpaired) electrons. The van der Waals surface area contributed by atoms with Crippen molar-refractivity contribution in [3.63, 3.8) is 0 Å². The van der Waals surface area contributed by atoms with Crippen LogP contribution in [0, 0.1) is 0 Å². The molecule has 1 aliphatic heterocycles. The molecule has 136 valence electrons. The molecular weight excluding hydrogens is 338 g/mol. The van der Waals surface area contributed by atoms with Gasteiger partial charge in [0.2, 0.25) is 5.95 Å². The molecule has 26 heavy (non-hydrogen) atoms. The minimum absolute atomic E-state index is 0.0805. The fourth-order valence-corrected chi connectivity index (χ4v) is 3.20. The van der Waals surface area contributed by atoms with Crippen molar-refractivity contribution in [2.24, 2.45) is 0 Å². The summed E-state index contributed by atoms with van der Waals surface area (Å²) in [6.07, 6.45) is -2.24. The zero-order chi connectivity index (χ0) is 18.3. The van der Waals surface area contributed by atoms with Crippen molar-refractivity contribution in [1.82, 2.24) is 19.5 Å². The van der Waals surface area contributed by atoms with Crippen LogP contribution in [0.15, 0.2) is 36.7 Å². The maximum atomic E-state index is 10.3. The van der Waals surface area contributed by atoms with Crippen LogP contribution in [0.5, 0.6) is 0 Å². The van der Waals surface area contributed by atoms with Gasteiger partial charge in [0, 0.05) is 6.42 Å². The van der Waals surface area contributed by atoms with E-state index in [4.69, 9.17) is 10.5 Å². The minimum Gasteiger partial charge on any atom is -0.394 e. The molecule has 4 atom stereocenters. The molecule has 0 spiro atoms. The number of hydrogen-bond acceptors (Lipinski definition) is 8. The Labute approximate surface area is 148 Å². The fraction of sp³-hybridized carbons (Fsp3) is 0.353. The molecule has 4 rings (SSSR count). The summed E-state index contributed by atoms with van der Waals surface area (Å²) in [4.78, 5) is 12.9. The Hall–Kier alpha value is -2.59. The molecule has 5 N–H and O–H groups in total. The molecule has 9 heteroatoms. The number of nitrogens with zero attached hydrogens (tertiary/aromatic N) is 4. The first-order chi connectivity index (χ1) is 12.6. The monoisotopic (exact) mass is 357 g/mol. The van der Waals surface area contributed by atoms with Gasteiger partial charge in [0.05, 0.1) is 18.6 Å². The van der Waals surface area contributed by atoms with Crippen LogP contribution in [0.1, 0.15) is 17.5 Å². The molecule has 0 aliphatic carbocycles. The van der Waals surface area contributed by atoms with Gasteiger partial charge in [0.15, 0.2) is 11.9 Å². The number of ether oxygens (including phenoxy) is 1. The topological polar surface area (TPSA) is 140 Å². The fourth-order valence-electron chi connectivity index (χ4n) is 3.20. The van der Waals surface area contributed by atoms with E-state index in [2.05, 4.69) is 15.0 Å². The second-order valence-electron chi connectivity index (χ2n) is 6.24. The standard InChI is InChI=1S/C17H19N5O4/c18-17-20-10(6-9-4-2-1-3-5-9)12-15(21-17)22(8-19-12)16-14(25)13(24)11(7-23)26-16/h1-5,8,11,13-14,16,23-25H,6-7H2,(H2,18,20,21)/t11-,13-,14-,16?/m1/s1. The van der Waals surface area contributed by atoms with Crippen LogP contribution in [0.3, 0.4) is 0 Å². The molecule has 9 nitrogen and oxygen atoms in total. The van der Waals surface area contributed by atoms with Crippen molar-refractivity contribution in [2.75, 3.05) is 12.3 Å². The summed E-state index contributed by atoms with van der Waals surface area (Å²) in [5, 5.41) is 29.5. The third-order valence-electron chi connectivity index (χ3n) is 4.52. The lowest BCUT2D eigenvalue weighted by atomic mass is 10.1. The predicted octanol–water partition coefficient (Wildman–Crippen LogP) is -0.389. The summed E-state index contributed by atoms with van der Waals surface area (Å²) in [7, 11) is 0. The van der Waals surface area contributed by atoms with Crippen molar-refractivity contribution in [3.05, 3.63) is 47.9 Å². The van der Waals surface area contributed by atoms with E-state index in [0.29, 0.717) is 23.3 Å². The van der Waals surface area contributed by atoms with Crippen molar-refractivity contribution < 1.29 is 20.1 Å². The maximum Gasteiger partial charge on any atom is 0.222 e. The van der Waals surface area contributed by atoms with Gasteiger partial charge in [-0.1, -0.05) is 30.3 Å². The number of hydrogen-bond donors (Lipinski definition) is 4. The number of aliphatic hydroxyl groups is 3. The smallest absolute Gasteiger partial charge is 0.222 e. The summed E-state index contributed by atoms with van der Waals surface area (Å²) in [6.45, 7) is -0.405. The molecule has 0 amide bonds. The highest BCUT2D eigenvalue weighted by Gasteiger charge is 2.44. The van der Waals surface area contributed by atoms with Crippen molar-refractivity contribution >= 4 is 17.1 Å². The van der Waals surface area contributed by atoms with Crippen molar-refractivity contribution in [1.29, 1.82) is 0 Å². The third kappa shape index (κ3) is 2.80. The van der Waals surface area contributed by atoms with E-state index in [0.717, 1.165) is 5.56 Å². The van der Waals surface area contributed by atoms with E-state index in [9.17, 15) is 15.3 Å². The molecule has 3 aromatic rings. The molecule has 1 aliphatic rings. The molecule has 1 fully saturated rings. The quantitative estimate of drug-likeness (QED) is 0.495. The number of rotatable bonds is 4. The van der Waals surface area contributed by atoms with E-state index in [1.807, 2.05) is 30.3 Å². The van der Waals surface area contributed by atoms with E-state index in [1.165, 1.54) is 10.9 Å². The van der Waals surface area contributed by atoms with E-state index >= 15 is 0 Å². The number of benzene rings is 1. The van der Waals surface area contributed by atoms with Crippen molar-refractivity contribution in [3.8, 4) is 0 Å². The molecular formula is C17H19N5O4. The molecule has 1 unspecified atom stereocenters. The van der Waals surface area contributed by atoms with Gasteiger partial charge < -0.3 is 25.8 Å². The van der Waals surface area contributed by atoms with Crippen LogP contribution in [0.25, 0.3) is 11.2 Å². The zero-order valence-corrected chi connectivity index (χ0v) is 13.8. The van der Waals surface area contributed by atoms with Gasteiger partial charge in [-0.25, -0.2) is 9.97 Å². The predicted molar refractivity (Wildman–Crippen MR) is 92.0 cm³/mol. The van der Waals surface area contributed by atoms with E-state index in [1.54, 1.807) is 0 Å². The lowest BCUT2D eigenvalue weighted by Crippen LogP contribution is -2.33. The first-order valence-electron chi connectivity index (χ1n) is 8.23. The largest absolute Gasteiger partial charge is 0.394 e. The molecule has 1 saturated heterocycles. The van der Waals surface area contributed by atoms with Gasteiger partial charge in [-0.2, -0.15) is 4.98 Å². The van der Waals surface area contributed by atoms with Gasteiger partial charge in [-0.05, 0) is 5.56 Å². The number of fused-ring (bicyclic) bond motifs is 1. The third-order valence-corrected chi connectivity index (χ3v) is 4.52. The summed E-state index contributed by atoms with van der Waals surface area (Å²) >= 11 is 0. The van der Waals surface area contributed by atoms with Gasteiger partial charge in [-0.3, -0.25) is 4.57 Å². The van der Waals surface area contributed by atoms with Crippen LogP contribution in [0.2, 0.25) is 0 Å². The number of aliphatic hydroxyl groups excluding tert-OH is 3. The average Bonchev–Trinajstić information content (AvgIpc) is 3.17. The number of imidazole rings is 1. The first-order valence-corrected chi connectivity index (χ1v) is 8.23. The van der Waals surface area contributed by atoms with Crippen LogP contribution >= 0.6 is 0 Å². The lowest BCUT2D eigenvalue weighted by molar-refractivity contribution is -0.0511. The molecule has 0 bridgehead atoms. The lowest BCUT2D eigenvalue weighted by Gasteiger charge is -2.16. The number of nitrogens with two attached hydrogens (primary N) is 1. The Morgan fingerprint density at radius 2 is 1.88 bits per heavy atom. The highest BCUT2D eigenvalue weighted by molar-refractivity contribution is 5.75. The minimum atomic E-state index is -1.22. The van der Waals surface area contributed by atoms with Gasteiger partial charge in [-0.15, -0.1) is 0 Å². The zero-order valence-electron chi connectivity index (χ0n) is 13.8. The van der Waals surface area contributed by atoms with Crippen molar-refractivity contribution in [2.45, 2.75) is 31.0 Å². The Kier molecular flexibility index (Phi) is 4.29. The van der Waals surface area contributed by atoms with Gasteiger partial charge in [0.1, 0.15) is 23.8 Å². The normalized spacial score (nSPS) is 25.8. The SMILES string of the molecule is Nc1nc(Cc2ccccc2)c2ncn(C3O[C@H](CO)[C@@H](O)[C@H]3O)c2n1. The summed E-state index contributed by atoms with van der Waals surface area (Å²) in [5.74, 6) is 0.0805. The molecule has 3 heterocycles. The Balaban J connectivity index is 1.75. The number of anilines is 1. The molecule has 2 aromatic heterocycles. The van der Waals surface area contributed by atoms with Gasteiger partial charge >= 0.3 is 0 Å². The van der Waals surface area contributed by atoms with E-state index < -0.39 is 31.1 Å². The number of nitrogen functional groups attached to an aromatic ring is 1. The number of aromatic nitrogens is 4. The second kappa shape index (κ2) is 6.61. The van der Waals surface area contributed by atoms with E-state index in [-0.39, 0.29) is 5.95 Å². The van der Waals surface area contributed by atoms with Crippen LogP contribution in [0.4, 0.5) is 5.95 Å². The molecule has 0 saturated carbocycles. The summed E-state index contributed by atoms with van der Waals surface area (Å²) < 4.78 is 7.06.